The third kappa shape index (κ3) is 3.09. The Bertz CT molecular complexity index is 1280. The lowest BCUT2D eigenvalue weighted by atomic mass is 9.79. The Morgan fingerprint density at radius 1 is 1.25 bits per heavy atom. The SMILES string of the molecule is CCN1c2ccc(/C=C3\C(C)=C(C#N)c4nc(N)c(C#N)c(C)c43)cc2C(C)CC1(C)C. The highest BCUT2D eigenvalue weighted by Crippen LogP contribution is 2.46. The Morgan fingerprint density at radius 2 is 1.97 bits per heavy atom. The molecule has 0 radical (unpaired) electrons. The number of nitrogens with two attached hydrogens (primary N) is 1. The van der Waals surface area contributed by atoms with E-state index in [4.69, 9.17) is 5.73 Å². The van der Waals surface area contributed by atoms with Gasteiger partial charge >= 0.3 is 0 Å². The van der Waals surface area contributed by atoms with Crippen LogP contribution in [0.3, 0.4) is 0 Å². The van der Waals surface area contributed by atoms with Gasteiger partial charge in [-0.1, -0.05) is 13.0 Å². The summed E-state index contributed by atoms with van der Waals surface area (Å²) in [6, 6.07) is 11.1. The Labute approximate surface area is 190 Å². The van der Waals surface area contributed by atoms with E-state index >= 15 is 0 Å². The van der Waals surface area contributed by atoms with Crippen molar-refractivity contribution in [1.29, 1.82) is 10.5 Å². The summed E-state index contributed by atoms with van der Waals surface area (Å²) in [4.78, 5) is 6.91. The Balaban J connectivity index is 1.90. The van der Waals surface area contributed by atoms with Gasteiger partial charge in [-0.25, -0.2) is 4.98 Å². The van der Waals surface area contributed by atoms with Crippen LogP contribution in [0.25, 0.3) is 17.2 Å². The fourth-order valence-corrected chi connectivity index (χ4v) is 5.56. The fourth-order valence-electron chi connectivity index (χ4n) is 5.56. The number of hydrogen-bond donors (Lipinski definition) is 1. The number of rotatable bonds is 2. The molecule has 2 heterocycles. The van der Waals surface area contributed by atoms with Gasteiger partial charge in [0.25, 0.3) is 0 Å². The number of pyridine rings is 1. The van der Waals surface area contributed by atoms with Gasteiger partial charge in [0.2, 0.25) is 0 Å². The predicted molar refractivity (Wildman–Crippen MR) is 131 cm³/mol. The molecule has 4 rings (SSSR count). The number of benzene rings is 1. The summed E-state index contributed by atoms with van der Waals surface area (Å²) in [5, 5.41) is 19.4. The highest BCUT2D eigenvalue weighted by molar-refractivity contribution is 6.08. The van der Waals surface area contributed by atoms with E-state index in [0.717, 1.165) is 40.8 Å². The van der Waals surface area contributed by atoms with Gasteiger partial charge in [-0.15, -0.1) is 0 Å². The Kier molecular flexibility index (Phi) is 5.10. The zero-order valence-electron chi connectivity index (χ0n) is 19.7. The molecule has 1 aromatic carbocycles. The molecule has 5 nitrogen and oxygen atoms in total. The number of anilines is 2. The van der Waals surface area contributed by atoms with Gasteiger partial charge in [0.05, 0.1) is 16.8 Å². The normalized spacial score (nSPS) is 20.1. The summed E-state index contributed by atoms with van der Waals surface area (Å²) < 4.78 is 0. The van der Waals surface area contributed by atoms with Gasteiger partial charge < -0.3 is 10.6 Å². The molecule has 0 fully saturated rings. The molecule has 1 aliphatic carbocycles. The summed E-state index contributed by atoms with van der Waals surface area (Å²) in [5.41, 5.74) is 14.8. The van der Waals surface area contributed by atoms with Crippen LogP contribution in [0.2, 0.25) is 0 Å². The summed E-state index contributed by atoms with van der Waals surface area (Å²) in [6.07, 6.45) is 3.22. The first kappa shape index (κ1) is 21.7. The zero-order valence-corrected chi connectivity index (χ0v) is 19.7. The topological polar surface area (TPSA) is 89.7 Å². The minimum atomic E-state index is 0.128. The number of nitrogens with zero attached hydrogens (tertiary/aromatic N) is 4. The van der Waals surface area contributed by atoms with Crippen molar-refractivity contribution in [2.75, 3.05) is 17.2 Å². The highest BCUT2D eigenvalue weighted by Gasteiger charge is 2.35. The zero-order chi connectivity index (χ0) is 23.4. The molecular formula is C27H29N5. The van der Waals surface area contributed by atoms with E-state index in [0.29, 0.717) is 22.7 Å². The monoisotopic (exact) mass is 423 g/mol. The molecule has 162 valence electrons. The molecular weight excluding hydrogens is 394 g/mol. The van der Waals surface area contributed by atoms with Gasteiger partial charge in [-0.05, 0) is 93.0 Å². The molecule has 2 aromatic rings. The van der Waals surface area contributed by atoms with Crippen molar-refractivity contribution >= 4 is 28.7 Å². The minimum Gasteiger partial charge on any atom is -0.383 e. The van der Waals surface area contributed by atoms with E-state index in [9.17, 15) is 10.5 Å². The summed E-state index contributed by atoms with van der Waals surface area (Å²) in [7, 11) is 0. The summed E-state index contributed by atoms with van der Waals surface area (Å²) >= 11 is 0. The molecule has 2 N–H and O–H groups in total. The summed E-state index contributed by atoms with van der Waals surface area (Å²) in [6.45, 7) is 13.9. The van der Waals surface area contributed by atoms with Crippen LogP contribution >= 0.6 is 0 Å². The second-order valence-electron chi connectivity index (χ2n) is 9.48. The number of hydrogen-bond acceptors (Lipinski definition) is 5. The molecule has 0 saturated carbocycles. The second-order valence-corrected chi connectivity index (χ2v) is 9.48. The molecule has 5 heteroatoms. The summed E-state index contributed by atoms with van der Waals surface area (Å²) in [5.74, 6) is 0.632. The van der Waals surface area contributed by atoms with Crippen molar-refractivity contribution < 1.29 is 0 Å². The largest absolute Gasteiger partial charge is 0.383 e. The van der Waals surface area contributed by atoms with Crippen molar-refractivity contribution in [3.63, 3.8) is 0 Å². The quantitative estimate of drug-likeness (QED) is 0.658. The average molecular weight is 424 g/mol. The molecule has 0 bridgehead atoms. The maximum Gasteiger partial charge on any atom is 0.142 e. The third-order valence-corrected chi connectivity index (χ3v) is 7.02. The number of fused-ring (bicyclic) bond motifs is 2. The fraction of sp³-hybridized carbons (Fsp3) is 0.370. The van der Waals surface area contributed by atoms with Crippen LogP contribution in [0.1, 0.15) is 80.5 Å². The lowest BCUT2D eigenvalue weighted by Gasteiger charge is -2.47. The van der Waals surface area contributed by atoms with Crippen molar-refractivity contribution in [3.05, 3.63) is 57.3 Å². The maximum atomic E-state index is 9.79. The van der Waals surface area contributed by atoms with Crippen LogP contribution in [0.15, 0.2) is 23.8 Å². The van der Waals surface area contributed by atoms with E-state index in [-0.39, 0.29) is 11.4 Å². The van der Waals surface area contributed by atoms with Gasteiger partial charge in [-0.2, -0.15) is 10.5 Å². The Morgan fingerprint density at radius 3 is 2.59 bits per heavy atom. The van der Waals surface area contributed by atoms with Crippen molar-refractivity contribution in [2.45, 2.75) is 59.4 Å². The standard InChI is InChI=1S/C27H29N5/c1-7-32-23-9-8-18(10-19(23)15(2)12-27(32,5)6)11-20-16(3)21(13-28)25-24(20)17(4)22(14-29)26(30)31-25/h8-11,15H,7,12H2,1-6H3,(H2,30,31)/b20-11+. The van der Waals surface area contributed by atoms with Crippen molar-refractivity contribution in [1.82, 2.24) is 4.98 Å². The molecule has 1 unspecified atom stereocenters. The molecule has 2 aliphatic rings. The lowest BCUT2D eigenvalue weighted by molar-refractivity contribution is 0.381. The molecule has 0 spiro atoms. The maximum absolute atomic E-state index is 9.79. The molecule has 1 aromatic heterocycles. The first-order chi connectivity index (χ1) is 15.1. The molecule has 1 atom stereocenters. The Hall–Kier alpha value is -3.57. The van der Waals surface area contributed by atoms with E-state index in [1.54, 1.807) is 0 Å². The van der Waals surface area contributed by atoms with E-state index < -0.39 is 0 Å². The van der Waals surface area contributed by atoms with Crippen LogP contribution in [-0.2, 0) is 0 Å². The van der Waals surface area contributed by atoms with Crippen LogP contribution in [-0.4, -0.2) is 17.1 Å². The number of allylic oxidation sites excluding steroid dienone is 3. The number of aromatic nitrogens is 1. The number of nitrogen functional groups attached to an aromatic ring is 1. The van der Waals surface area contributed by atoms with Crippen LogP contribution in [0.5, 0.6) is 0 Å². The van der Waals surface area contributed by atoms with Crippen molar-refractivity contribution in [3.8, 4) is 12.1 Å². The van der Waals surface area contributed by atoms with Crippen LogP contribution in [0.4, 0.5) is 11.5 Å². The smallest absolute Gasteiger partial charge is 0.142 e. The molecule has 1 aliphatic heterocycles. The van der Waals surface area contributed by atoms with Gasteiger partial charge in [0.1, 0.15) is 18.0 Å². The predicted octanol–water partition coefficient (Wildman–Crippen LogP) is 5.81. The van der Waals surface area contributed by atoms with Crippen LogP contribution in [0, 0.1) is 29.6 Å². The van der Waals surface area contributed by atoms with Gasteiger partial charge in [0.15, 0.2) is 0 Å². The first-order valence-electron chi connectivity index (χ1n) is 11.1. The molecule has 0 amide bonds. The van der Waals surface area contributed by atoms with Gasteiger partial charge in [0, 0.05) is 23.3 Å². The van der Waals surface area contributed by atoms with E-state index in [2.05, 4.69) is 74.0 Å². The highest BCUT2D eigenvalue weighted by atomic mass is 15.2. The molecule has 32 heavy (non-hydrogen) atoms. The average Bonchev–Trinajstić information content (AvgIpc) is 2.99. The van der Waals surface area contributed by atoms with E-state index in [1.165, 1.54) is 11.3 Å². The second kappa shape index (κ2) is 7.53. The lowest BCUT2D eigenvalue weighted by Crippen LogP contribution is -2.48. The molecule has 0 saturated heterocycles. The van der Waals surface area contributed by atoms with Gasteiger partial charge in [-0.3, -0.25) is 0 Å². The third-order valence-electron chi connectivity index (χ3n) is 7.02. The first-order valence-corrected chi connectivity index (χ1v) is 11.1. The number of nitriles is 2. The van der Waals surface area contributed by atoms with E-state index in [1.807, 2.05) is 13.8 Å². The minimum absolute atomic E-state index is 0.128. The van der Waals surface area contributed by atoms with Crippen LogP contribution < -0.4 is 10.6 Å². The van der Waals surface area contributed by atoms with Crippen molar-refractivity contribution in [2.24, 2.45) is 0 Å².